The van der Waals surface area contributed by atoms with E-state index in [0.717, 1.165) is 23.7 Å². The summed E-state index contributed by atoms with van der Waals surface area (Å²) in [7, 11) is 2.15. The van der Waals surface area contributed by atoms with Gasteiger partial charge < -0.3 is 10.6 Å². The first-order valence-electron chi connectivity index (χ1n) is 6.83. The third-order valence-electron chi connectivity index (χ3n) is 4.08. The first kappa shape index (κ1) is 11.3. The van der Waals surface area contributed by atoms with Crippen LogP contribution in [-0.2, 0) is 6.42 Å². The topological polar surface area (TPSA) is 42.2 Å². The fraction of sp³-hybridized carbons (Fsp3) is 0.400. The Labute approximate surface area is 117 Å². The van der Waals surface area contributed by atoms with Crippen molar-refractivity contribution < 1.29 is 0 Å². The monoisotopic (exact) mass is 271 g/mol. The highest BCUT2D eigenvalue weighted by molar-refractivity contribution is 7.16. The molecular formula is C15H17N3S. The SMILES string of the molecule is CN1CCc2cc(-c3nc(C4CC4)sc3N)ccc21. The van der Waals surface area contributed by atoms with Crippen LogP contribution in [0, 0.1) is 0 Å². The zero-order valence-electron chi connectivity index (χ0n) is 11.0. The van der Waals surface area contributed by atoms with Gasteiger partial charge in [-0.2, -0.15) is 0 Å². The number of rotatable bonds is 2. The molecule has 0 amide bonds. The minimum atomic E-state index is 0.682. The van der Waals surface area contributed by atoms with Gasteiger partial charge in [-0.3, -0.25) is 0 Å². The number of aromatic nitrogens is 1. The lowest BCUT2D eigenvalue weighted by atomic mass is 10.1. The number of benzene rings is 1. The van der Waals surface area contributed by atoms with E-state index >= 15 is 0 Å². The number of hydrogen-bond donors (Lipinski definition) is 1. The van der Waals surface area contributed by atoms with Gasteiger partial charge in [0, 0.05) is 30.8 Å². The summed E-state index contributed by atoms with van der Waals surface area (Å²) in [6, 6.07) is 6.62. The lowest BCUT2D eigenvalue weighted by Crippen LogP contribution is -2.12. The van der Waals surface area contributed by atoms with Crippen LogP contribution >= 0.6 is 11.3 Å². The number of hydrogen-bond acceptors (Lipinski definition) is 4. The number of nitrogen functional groups attached to an aromatic ring is 1. The predicted octanol–water partition coefficient (Wildman–Crippen LogP) is 3.26. The van der Waals surface area contributed by atoms with E-state index in [1.807, 2.05) is 0 Å². The number of fused-ring (bicyclic) bond motifs is 1. The molecule has 4 heteroatoms. The molecule has 1 fully saturated rings. The second kappa shape index (κ2) is 3.97. The molecule has 19 heavy (non-hydrogen) atoms. The molecule has 2 aliphatic rings. The molecule has 1 aliphatic heterocycles. The average molecular weight is 271 g/mol. The summed E-state index contributed by atoms with van der Waals surface area (Å²) >= 11 is 1.67. The van der Waals surface area contributed by atoms with Crippen LogP contribution in [0.3, 0.4) is 0 Å². The Balaban J connectivity index is 1.76. The molecule has 3 nitrogen and oxygen atoms in total. The lowest BCUT2D eigenvalue weighted by Gasteiger charge is -2.11. The highest BCUT2D eigenvalue weighted by atomic mass is 32.1. The van der Waals surface area contributed by atoms with Gasteiger partial charge in [-0.05, 0) is 37.0 Å². The second-order valence-corrected chi connectivity index (χ2v) is 6.62. The first-order valence-corrected chi connectivity index (χ1v) is 7.64. The van der Waals surface area contributed by atoms with E-state index in [0.29, 0.717) is 5.92 Å². The van der Waals surface area contributed by atoms with Gasteiger partial charge in [0.15, 0.2) is 0 Å². The van der Waals surface area contributed by atoms with E-state index in [-0.39, 0.29) is 0 Å². The molecule has 0 spiro atoms. The number of anilines is 2. The zero-order valence-corrected chi connectivity index (χ0v) is 11.8. The van der Waals surface area contributed by atoms with Crippen molar-refractivity contribution in [3.8, 4) is 11.3 Å². The summed E-state index contributed by atoms with van der Waals surface area (Å²) in [6.07, 6.45) is 3.68. The van der Waals surface area contributed by atoms with Crippen molar-refractivity contribution in [1.29, 1.82) is 0 Å². The molecule has 0 radical (unpaired) electrons. The van der Waals surface area contributed by atoms with Gasteiger partial charge in [-0.25, -0.2) is 4.98 Å². The molecule has 2 aromatic rings. The largest absolute Gasteiger partial charge is 0.389 e. The smallest absolute Gasteiger partial charge is 0.114 e. The van der Waals surface area contributed by atoms with E-state index in [4.69, 9.17) is 10.7 Å². The van der Waals surface area contributed by atoms with Gasteiger partial charge in [-0.1, -0.05) is 6.07 Å². The minimum absolute atomic E-state index is 0.682. The Bertz CT molecular complexity index is 643. The maximum atomic E-state index is 6.16. The van der Waals surface area contributed by atoms with Gasteiger partial charge in [0.1, 0.15) is 10.7 Å². The molecule has 98 valence electrons. The highest BCUT2D eigenvalue weighted by Crippen LogP contribution is 2.45. The van der Waals surface area contributed by atoms with Gasteiger partial charge in [-0.15, -0.1) is 11.3 Å². The molecule has 1 saturated carbocycles. The molecule has 1 aromatic heterocycles. The van der Waals surface area contributed by atoms with Gasteiger partial charge >= 0.3 is 0 Å². The number of thiazole rings is 1. The maximum Gasteiger partial charge on any atom is 0.114 e. The molecule has 1 aliphatic carbocycles. The molecule has 2 heterocycles. The molecule has 2 N–H and O–H groups in total. The Hall–Kier alpha value is -1.55. The molecule has 1 aromatic carbocycles. The molecular weight excluding hydrogens is 254 g/mol. The third kappa shape index (κ3) is 1.82. The van der Waals surface area contributed by atoms with E-state index in [9.17, 15) is 0 Å². The summed E-state index contributed by atoms with van der Waals surface area (Å²) in [5.74, 6) is 0.682. The van der Waals surface area contributed by atoms with Crippen LogP contribution in [0.5, 0.6) is 0 Å². The van der Waals surface area contributed by atoms with Crippen LogP contribution in [0.25, 0.3) is 11.3 Å². The van der Waals surface area contributed by atoms with E-state index < -0.39 is 0 Å². The molecule has 0 atom stereocenters. The predicted molar refractivity (Wildman–Crippen MR) is 80.9 cm³/mol. The maximum absolute atomic E-state index is 6.16. The fourth-order valence-electron chi connectivity index (χ4n) is 2.77. The van der Waals surface area contributed by atoms with Crippen molar-refractivity contribution in [2.24, 2.45) is 0 Å². The normalized spacial score (nSPS) is 17.8. The second-order valence-electron chi connectivity index (χ2n) is 5.55. The minimum Gasteiger partial charge on any atom is -0.389 e. The Morgan fingerprint density at radius 2 is 2.21 bits per heavy atom. The zero-order chi connectivity index (χ0) is 13.0. The number of likely N-dealkylation sites (N-methyl/N-ethyl adjacent to an activating group) is 1. The first-order chi connectivity index (χ1) is 9.22. The molecule has 0 unspecified atom stereocenters. The molecule has 0 saturated heterocycles. The quantitative estimate of drug-likeness (QED) is 0.911. The van der Waals surface area contributed by atoms with E-state index in [1.54, 1.807) is 11.3 Å². The van der Waals surface area contributed by atoms with E-state index in [2.05, 4.69) is 30.1 Å². The van der Waals surface area contributed by atoms with Crippen molar-refractivity contribution in [1.82, 2.24) is 4.98 Å². The fourth-order valence-corrected chi connectivity index (χ4v) is 3.80. The van der Waals surface area contributed by atoms with Gasteiger partial charge in [0.05, 0.1) is 5.01 Å². The third-order valence-corrected chi connectivity index (χ3v) is 5.12. The molecule has 0 bridgehead atoms. The van der Waals surface area contributed by atoms with Crippen molar-refractivity contribution in [3.63, 3.8) is 0 Å². The summed E-state index contributed by atoms with van der Waals surface area (Å²) in [4.78, 5) is 7.07. The van der Waals surface area contributed by atoms with Crippen LogP contribution in [0.2, 0.25) is 0 Å². The van der Waals surface area contributed by atoms with Crippen LogP contribution < -0.4 is 10.6 Å². The van der Waals surface area contributed by atoms with Crippen molar-refractivity contribution in [3.05, 3.63) is 28.8 Å². The van der Waals surface area contributed by atoms with Crippen molar-refractivity contribution in [2.75, 3.05) is 24.2 Å². The average Bonchev–Trinajstić information content (AvgIpc) is 3.10. The summed E-state index contributed by atoms with van der Waals surface area (Å²) < 4.78 is 0. The standard InChI is InChI=1S/C15H17N3S/c1-18-7-6-10-8-11(4-5-12(10)18)13-14(16)19-15(17-13)9-2-3-9/h4-5,8-9H,2-3,6-7,16H2,1H3. The van der Waals surface area contributed by atoms with Gasteiger partial charge in [0.25, 0.3) is 0 Å². The molecule has 4 rings (SSSR count). The van der Waals surface area contributed by atoms with Crippen LogP contribution in [0.1, 0.15) is 29.3 Å². The highest BCUT2D eigenvalue weighted by Gasteiger charge is 2.28. The Morgan fingerprint density at radius 3 is 3.00 bits per heavy atom. The summed E-state index contributed by atoms with van der Waals surface area (Å²) in [5.41, 5.74) is 11.1. The number of nitrogens with two attached hydrogens (primary N) is 1. The Kier molecular flexibility index (Phi) is 2.36. The Morgan fingerprint density at radius 1 is 1.37 bits per heavy atom. The van der Waals surface area contributed by atoms with Crippen LogP contribution in [-0.4, -0.2) is 18.6 Å². The van der Waals surface area contributed by atoms with Crippen LogP contribution in [0.4, 0.5) is 10.7 Å². The lowest BCUT2D eigenvalue weighted by molar-refractivity contribution is 0.956. The summed E-state index contributed by atoms with van der Waals surface area (Å²) in [6.45, 7) is 1.11. The van der Waals surface area contributed by atoms with Gasteiger partial charge in [0.2, 0.25) is 0 Å². The summed E-state index contributed by atoms with van der Waals surface area (Å²) in [5, 5.41) is 2.10. The van der Waals surface area contributed by atoms with Crippen molar-refractivity contribution in [2.45, 2.75) is 25.2 Å². The van der Waals surface area contributed by atoms with Crippen LogP contribution in [0.15, 0.2) is 18.2 Å². The van der Waals surface area contributed by atoms with Crippen molar-refractivity contribution >= 4 is 22.0 Å². The van der Waals surface area contributed by atoms with E-state index in [1.165, 1.54) is 34.7 Å². The number of nitrogens with zero attached hydrogens (tertiary/aromatic N) is 2.